The number of aromatic amines is 1. The SMILES string of the molecule is Cc1ccc(-c2csc(=O)n2CC(=O)Nc2cc3c(=O)[nH]cnc3cc2F)cc1. The summed E-state index contributed by atoms with van der Waals surface area (Å²) in [5.74, 6) is -1.31. The highest BCUT2D eigenvalue weighted by Gasteiger charge is 2.15. The molecular formula is C20H15FN4O3S. The van der Waals surface area contributed by atoms with Gasteiger partial charge in [0.1, 0.15) is 12.4 Å². The molecule has 2 heterocycles. The Balaban J connectivity index is 1.62. The van der Waals surface area contributed by atoms with Gasteiger partial charge in [-0.3, -0.25) is 19.0 Å². The van der Waals surface area contributed by atoms with Crippen molar-refractivity contribution < 1.29 is 9.18 Å². The third-order valence-electron chi connectivity index (χ3n) is 4.43. The zero-order valence-corrected chi connectivity index (χ0v) is 16.0. The molecule has 4 rings (SSSR count). The number of halogens is 1. The van der Waals surface area contributed by atoms with Gasteiger partial charge in [0, 0.05) is 11.4 Å². The maximum absolute atomic E-state index is 14.3. The van der Waals surface area contributed by atoms with Crippen molar-refractivity contribution in [3.05, 3.63) is 79.5 Å². The number of aryl methyl sites for hydroxylation is 1. The van der Waals surface area contributed by atoms with E-state index in [1.807, 2.05) is 31.2 Å². The van der Waals surface area contributed by atoms with Crippen molar-refractivity contribution in [1.29, 1.82) is 0 Å². The quantitative estimate of drug-likeness (QED) is 0.541. The normalized spacial score (nSPS) is 11.0. The van der Waals surface area contributed by atoms with Crippen molar-refractivity contribution in [1.82, 2.24) is 14.5 Å². The maximum atomic E-state index is 14.3. The molecule has 0 saturated heterocycles. The van der Waals surface area contributed by atoms with E-state index in [1.165, 1.54) is 17.0 Å². The number of carbonyl (C=O) groups is 1. The van der Waals surface area contributed by atoms with Crippen molar-refractivity contribution in [3.63, 3.8) is 0 Å². The second-order valence-corrected chi connectivity index (χ2v) is 7.29. The number of fused-ring (bicyclic) bond motifs is 1. The molecule has 0 spiro atoms. The van der Waals surface area contributed by atoms with Gasteiger partial charge in [0.05, 0.1) is 28.6 Å². The molecule has 0 saturated carbocycles. The van der Waals surface area contributed by atoms with Crippen LogP contribution in [0.15, 0.2) is 57.7 Å². The van der Waals surface area contributed by atoms with E-state index in [0.29, 0.717) is 5.69 Å². The molecule has 0 aliphatic rings. The summed E-state index contributed by atoms with van der Waals surface area (Å²) in [6.45, 7) is 1.67. The van der Waals surface area contributed by atoms with E-state index in [9.17, 15) is 18.8 Å². The molecule has 2 aromatic carbocycles. The number of hydrogen-bond donors (Lipinski definition) is 2. The van der Waals surface area contributed by atoms with Gasteiger partial charge in [0.25, 0.3) is 5.56 Å². The van der Waals surface area contributed by atoms with Gasteiger partial charge in [0.2, 0.25) is 5.91 Å². The summed E-state index contributed by atoms with van der Waals surface area (Å²) in [4.78, 5) is 42.6. The lowest BCUT2D eigenvalue weighted by Crippen LogP contribution is -2.25. The van der Waals surface area contributed by atoms with Crippen LogP contribution in [-0.2, 0) is 11.3 Å². The van der Waals surface area contributed by atoms with Crippen LogP contribution in [0.4, 0.5) is 10.1 Å². The van der Waals surface area contributed by atoms with Crippen LogP contribution >= 0.6 is 11.3 Å². The average Bonchev–Trinajstić information content (AvgIpc) is 3.04. The molecule has 0 bridgehead atoms. The second kappa shape index (κ2) is 7.44. The topological polar surface area (TPSA) is 96.9 Å². The average molecular weight is 410 g/mol. The number of hydrogen-bond acceptors (Lipinski definition) is 5. The molecule has 29 heavy (non-hydrogen) atoms. The highest BCUT2D eigenvalue weighted by molar-refractivity contribution is 7.07. The summed E-state index contributed by atoms with van der Waals surface area (Å²) in [5, 5.41) is 4.27. The molecule has 7 nitrogen and oxygen atoms in total. The number of thiazole rings is 1. The third-order valence-corrected chi connectivity index (χ3v) is 5.20. The van der Waals surface area contributed by atoms with Crippen LogP contribution in [-0.4, -0.2) is 20.4 Å². The van der Waals surface area contributed by atoms with Crippen LogP contribution in [0.3, 0.4) is 0 Å². The number of rotatable bonds is 4. The Morgan fingerprint density at radius 1 is 1.24 bits per heavy atom. The zero-order chi connectivity index (χ0) is 20.5. The predicted molar refractivity (Wildman–Crippen MR) is 110 cm³/mol. The van der Waals surface area contributed by atoms with Crippen LogP contribution in [0.2, 0.25) is 0 Å². The van der Waals surface area contributed by atoms with Crippen molar-refractivity contribution in [2.45, 2.75) is 13.5 Å². The van der Waals surface area contributed by atoms with E-state index in [2.05, 4.69) is 15.3 Å². The molecule has 2 N–H and O–H groups in total. The summed E-state index contributed by atoms with van der Waals surface area (Å²) in [7, 11) is 0. The molecule has 1 amide bonds. The molecule has 2 aromatic heterocycles. The fourth-order valence-corrected chi connectivity index (χ4v) is 3.71. The number of amides is 1. The van der Waals surface area contributed by atoms with Crippen molar-refractivity contribution in [2.24, 2.45) is 0 Å². The van der Waals surface area contributed by atoms with Crippen LogP contribution in [0.25, 0.3) is 22.2 Å². The molecular weight excluding hydrogens is 395 g/mol. The summed E-state index contributed by atoms with van der Waals surface area (Å²) >= 11 is 0.985. The maximum Gasteiger partial charge on any atom is 0.308 e. The fraction of sp³-hybridized carbons (Fsp3) is 0.100. The molecule has 9 heteroatoms. The molecule has 4 aromatic rings. The molecule has 146 valence electrons. The summed E-state index contributed by atoms with van der Waals surface area (Å²) in [6.07, 6.45) is 1.18. The minimum Gasteiger partial charge on any atom is -0.322 e. The predicted octanol–water partition coefficient (Wildman–Crippen LogP) is 2.90. The summed E-state index contributed by atoms with van der Waals surface area (Å²) < 4.78 is 15.6. The van der Waals surface area contributed by atoms with Crippen LogP contribution in [0.1, 0.15) is 5.56 Å². The van der Waals surface area contributed by atoms with E-state index in [0.717, 1.165) is 28.5 Å². The number of aromatic nitrogens is 3. The Morgan fingerprint density at radius 2 is 2.00 bits per heavy atom. The Bertz CT molecular complexity index is 1340. The van der Waals surface area contributed by atoms with Gasteiger partial charge in [-0.15, -0.1) is 0 Å². The Morgan fingerprint density at radius 3 is 2.76 bits per heavy atom. The van der Waals surface area contributed by atoms with Crippen molar-refractivity contribution in [2.75, 3.05) is 5.32 Å². The zero-order valence-electron chi connectivity index (χ0n) is 15.2. The minimum atomic E-state index is -0.722. The molecule has 0 aliphatic carbocycles. The first-order valence-electron chi connectivity index (χ1n) is 8.64. The lowest BCUT2D eigenvalue weighted by molar-refractivity contribution is -0.116. The number of benzene rings is 2. The Hall–Kier alpha value is -3.59. The lowest BCUT2D eigenvalue weighted by Gasteiger charge is -2.10. The highest BCUT2D eigenvalue weighted by Crippen LogP contribution is 2.22. The monoisotopic (exact) mass is 410 g/mol. The van der Waals surface area contributed by atoms with Gasteiger partial charge in [-0.1, -0.05) is 41.2 Å². The van der Waals surface area contributed by atoms with E-state index in [4.69, 9.17) is 0 Å². The smallest absolute Gasteiger partial charge is 0.308 e. The van der Waals surface area contributed by atoms with Gasteiger partial charge >= 0.3 is 4.87 Å². The third kappa shape index (κ3) is 3.72. The summed E-state index contributed by atoms with van der Waals surface area (Å²) in [6, 6.07) is 9.87. The van der Waals surface area contributed by atoms with Crippen LogP contribution < -0.4 is 15.7 Å². The van der Waals surface area contributed by atoms with Gasteiger partial charge < -0.3 is 10.3 Å². The van der Waals surface area contributed by atoms with Crippen molar-refractivity contribution >= 4 is 33.8 Å². The number of anilines is 1. The van der Waals surface area contributed by atoms with Gasteiger partial charge in [-0.2, -0.15) is 0 Å². The second-order valence-electron chi connectivity index (χ2n) is 6.47. The van der Waals surface area contributed by atoms with Gasteiger partial charge in [-0.05, 0) is 18.6 Å². The molecule has 0 radical (unpaired) electrons. The van der Waals surface area contributed by atoms with E-state index >= 15 is 0 Å². The molecule has 0 atom stereocenters. The number of nitrogens with one attached hydrogen (secondary N) is 2. The number of carbonyl (C=O) groups excluding carboxylic acids is 1. The molecule has 0 aliphatic heterocycles. The summed E-state index contributed by atoms with van der Waals surface area (Å²) in [5.41, 5.74) is 2.07. The van der Waals surface area contributed by atoms with Gasteiger partial charge in [0.15, 0.2) is 0 Å². The van der Waals surface area contributed by atoms with E-state index in [1.54, 1.807) is 5.38 Å². The highest BCUT2D eigenvalue weighted by atomic mass is 32.1. The van der Waals surface area contributed by atoms with Crippen molar-refractivity contribution in [3.8, 4) is 11.3 Å². The Kier molecular flexibility index (Phi) is 4.81. The first-order valence-corrected chi connectivity index (χ1v) is 9.52. The largest absolute Gasteiger partial charge is 0.322 e. The minimum absolute atomic E-state index is 0.150. The lowest BCUT2D eigenvalue weighted by atomic mass is 10.1. The first-order chi connectivity index (χ1) is 13.9. The first kappa shape index (κ1) is 18.8. The number of H-pyrrole nitrogens is 1. The standard InChI is InChI=1S/C20H15FN4O3S/c1-11-2-4-12(5-3-11)17-9-29-20(28)25(17)8-18(26)24-16-6-13-15(7-14(16)21)22-10-23-19(13)27/h2-7,9-10H,8H2,1H3,(H,24,26)(H,22,23,27). The number of nitrogens with zero attached hydrogens (tertiary/aromatic N) is 2. The van der Waals surface area contributed by atoms with Crippen LogP contribution in [0, 0.1) is 12.7 Å². The van der Waals surface area contributed by atoms with Gasteiger partial charge in [-0.25, -0.2) is 9.37 Å². The fourth-order valence-electron chi connectivity index (χ4n) is 2.95. The van der Waals surface area contributed by atoms with Crippen LogP contribution in [0.5, 0.6) is 0 Å². The van der Waals surface area contributed by atoms with E-state index < -0.39 is 17.3 Å². The molecule has 0 unspecified atom stereocenters. The van der Waals surface area contributed by atoms with E-state index in [-0.39, 0.29) is 28.0 Å². The Labute approximate surface area is 167 Å². The molecule has 0 fully saturated rings.